The second-order valence-corrected chi connectivity index (χ2v) is 6.82. The maximum absolute atomic E-state index is 12.8. The molecule has 0 atom stereocenters. The first-order valence-corrected chi connectivity index (χ1v) is 9.67. The van der Waals surface area contributed by atoms with E-state index in [1.165, 1.54) is 0 Å². The Balaban J connectivity index is 1.53. The first kappa shape index (κ1) is 20.0. The number of nitrogens with one attached hydrogen (secondary N) is 2. The number of ether oxygens (including phenoxy) is 1. The molecule has 3 aromatic carbocycles. The molecule has 8 nitrogen and oxygen atoms in total. The zero-order valence-corrected chi connectivity index (χ0v) is 16.6. The molecule has 4 N–H and O–H groups in total. The summed E-state index contributed by atoms with van der Waals surface area (Å²) in [4.78, 5) is 28.4. The van der Waals surface area contributed by atoms with Crippen molar-refractivity contribution in [1.29, 1.82) is 0 Å². The second kappa shape index (κ2) is 9.00. The van der Waals surface area contributed by atoms with Crippen molar-refractivity contribution < 1.29 is 14.3 Å². The van der Waals surface area contributed by atoms with E-state index < -0.39 is 6.03 Å². The molecule has 1 aromatic heterocycles. The Kier molecular flexibility index (Phi) is 5.79. The Morgan fingerprint density at radius 2 is 1.61 bits per heavy atom. The van der Waals surface area contributed by atoms with Gasteiger partial charge in [0.1, 0.15) is 24.7 Å². The highest BCUT2D eigenvalue weighted by atomic mass is 16.5. The van der Waals surface area contributed by atoms with Gasteiger partial charge in [-0.15, -0.1) is 0 Å². The first-order chi connectivity index (χ1) is 15.1. The summed E-state index contributed by atoms with van der Waals surface area (Å²) < 4.78 is 7.68. The van der Waals surface area contributed by atoms with Crippen LogP contribution < -0.4 is 21.1 Å². The lowest BCUT2D eigenvalue weighted by molar-refractivity contribution is -0.116. The summed E-state index contributed by atoms with van der Waals surface area (Å²) in [6.07, 6.45) is 0. The van der Waals surface area contributed by atoms with E-state index in [2.05, 4.69) is 15.6 Å². The molecule has 8 heteroatoms. The fraction of sp³-hybridized carbons (Fsp3) is 0.0870. The molecule has 0 saturated heterocycles. The second-order valence-electron chi connectivity index (χ2n) is 6.82. The monoisotopic (exact) mass is 415 g/mol. The number of imidazole rings is 1. The van der Waals surface area contributed by atoms with Crippen LogP contribution in [0.2, 0.25) is 0 Å². The van der Waals surface area contributed by atoms with Crippen LogP contribution in [0.3, 0.4) is 0 Å². The third-order valence-electron chi connectivity index (χ3n) is 4.56. The highest BCUT2D eigenvalue weighted by molar-refractivity contribution is 5.93. The van der Waals surface area contributed by atoms with Gasteiger partial charge in [0, 0.05) is 11.4 Å². The number of urea groups is 1. The number of hydrogen-bond donors (Lipinski definition) is 3. The number of primary amides is 1. The van der Waals surface area contributed by atoms with E-state index in [9.17, 15) is 9.59 Å². The fourth-order valence-corrected chi connectivity index (χ4v) is 3.24. The molecule has 0 spiro atoms. The summed E-state index contributed by atoms with van der Waals surface area (Å²) in [5.74, 6) is 1.13. The number of anilines is 2. The van der Waals surface area contributed by atoms with E-state index in [-0.39, 0.29) is 19.1 Å². The molecule has 0 radical (unpaired) electrons. The van der Waals surface area contributed by atoms with Crippen molar-refractivity contribution in [3.05, 3.63) is 84.7 Å². The molecule has 4 aromatic rings. The number of para-hydroxylation sites is 3. The molecule has 0 fully saturated rings. The van der Waals surface area contributed by atoms with Crippen LogP contribution in [0.25, 0.3) is 11.0 Å². The Labute approximate surface area is 178 Å². The van der Waals surface area contributed by atoms with Crippen molar-refractivity contribution >= 4 is 34.3 Å². The molecule has 0 aliphatic heterocycles. The molecule has 156 valence electrons. The zero-order valence-electron chi connectivity index (χ0n) is 16.6. The van der Waals surface area contributed by atoms with E-state index in [0.29, 0.717) is 17.2 Å². The lowest BCUT2D eigenvalue weighted by Crippen LogP contribution is -2.21. The molecule has 0 bridgehead atoms. The van der Waals surface area contributed by atoms with Crippen LogP contribution in [-0.2, 0) is 17.9 Å². The van der Waals surface area contributed by atoms with Gasteiger partial charge in [0.05, 0.1) is 11.0 Å². The van der Waals surface area contributed by atoms with Crippen molar-refractivity contribution in [3.8, 4) is 5.75 Å². The molecule has 4 rings (SSSR count). The average molecular weight is 415 g/mol. The average Bonchev–Trinajstić information content (AvgIpc) is 3.10. The molecule has 0 unspecified atom stereocenters. The number of hydrogen-bond acceptors (Lipinski definition) is 4. The van der Waals surface area contributed by atoms with Gasteiger partial charge in [-0.2, -0.15) is 0 Å². The van der Waals surface area contributed by atoms with E-state index in [0.717, 1.165) is 16.8 Å². The number of rotatable bonds is 7. The molecule has 0 saturated carbocycles. The molecular formula is C23H21N5O3. The standard InChI is InChI=1S/C23H21N5O3/c24-23(30)26-17-8-6-7-16(13-17)25-22(29)14-28-20-12-5-4-11-19(20)27-21(28)15-31-18-9-2-1-3-10-18/h1-13H,14-15H2,(H,25,29)(H3,24,26,30). The summed E-state index contributed by atoms with van der Waals surface area (Å²) in [5.41, 5.74) is 7.81. The van der Waals surface area contributed by atoms with Gasteiger partial charge in [0.2, 0.25) is 5.91 Å². The minimum atomic E-state index is -0.670. The fourth-order valence-electron chi connectivity index (χ4n) is 3.24. The van der Waals surface area contributed by atoms with Crippen molar-refractivity contribution in [1.82, 2.24) is 9.55 Å². The SMILES string of the molecule is NC(=O)Nc1cccc(NC(=O)Cn2c(COc3ccccc3)nc3ccccc32)c1. The smallest absolute Gasteiger partial charge is 0.316 e. The largest absolute Gasteiger partial charge is 0.486 e. The van der Waals surface area contributed by atoms with Crippen LogP contribution >= 0.6 is 0 Å². The lowest BCUT2D eigenvalue weighted by Gasteiger charge is -2.12. The number of fused-ring (bicyclic) bond motifs is 1. The lowest BCUT2D eigenvalue weighted by atomic mass is 10.2. The van der Waals surface area contributed by atoms with Crippen LogP contribution in [0.5, 0.6) is 5.75 Å². The molecular weight excluding hydrogens is 394 g/mol. The van der Waals surface area contributed by atoms with Gasteiger partial charge in [-0.1, -0.05) is 36.4 Å². The van der Waals surface area contributed by atoms with Crippen molar-refractivity contribution in [3.63, 3.8) is 0 Å². The van der Waals surface area contributed by atoms with E-state index in [4.69, 9.17) is 10.5 Å². The maximum atomic E-state index is 12.8. The van der Waals surface area contributed by atoms with Crippen LogP contribution in [0.1, 0.15) is 5.82 Å². The summed E-state index contributed by atoms with van der Waals surface area (Å²) in [5, 5.41) is 5.32. The summed E-state index contributed by atoms with van der Waals surface area (Å²) in [6.45, 7) is 0.283. The topological polar surface area (TPSA) is 111 Å². The predicted octanol–water partition coefficient (Wildman–Crippen LogP) is 3.74. The van der Waals surface area contributed by atoms with Crippen molar-refractivity contribution in [2.45, 2.75) is 13.2 Å². The molecule has 3 amide bonds. The van der Waals surface area contributed by atoms with E-state index >= 15 is 0 Å². The molecule has 1 heterocycles. The molecule has 31 heavy (non-hydrogen) atoms. The van der Waals surface area contributed by atoms with Gasteiger partial charge < -0.3 is 25.7 Å². The summed E-state index contributed by atoms with van der Waals surface area (Å²) in [6, 6.07) is 23.2. The zero-order chi connectivity index (χ0) is 21.6. The normalized spacial score (nSPS) is 10.6. The van der Waals surface area contributed by atoms with Crippen LogP contribution in [-0.4, -0.2) is 21.5 Å². The van der Waals surface area contributed by atoms with Crippen LogP contribution in [0.4, 0.5) is 16.2 Å². The van der Waals surface area contributed by atoms with Gasteiger partial charge in [-0.3, -0.25) is 4.79 Å². The minimum Gasteiger partial charge on any atom is -0.486 e. The third kappa shape index (κ3) is 4.99. The first-order valence-electron chi connectivity index (χ1n) is 9.67. The highest BCUT2D eigenvalue weighted by Gasteiger charge is 2.14. The number of nitrogens with two attached hydrogens (primary N) is 1. The van der Waals surface area contributed by atoms with Gasteiger partial charge >= 0.3 is 6.03 Å². The number of amides is 3. The Morgan fingerprint density at radius 3 is 2.39 bits per heavy atom. The van der Waals surface area contributed by atoms with Gasteiger partial charge in [0.15, 0.2) is 0 Å². The Morgan fingerprint density at radius 1 is 0.903 bits per heavy atom. The summed E-state index contributed by atoms with van der Waals surface area (Å²) in [7, 11) is 0. The van der Waals surface area contributed by atoms with E-state index in [1.807, 2.05) is 59.2 Å². The van der Waals surface area contributed by atoms with Crippen molar-refractivity contribution in [2.24, 2.45) is 5.73 Å². The highest BCUT2D eigenvalue weighted by Crippen LogP contribution is 2.19. The van der Waals surface area contributed by atoms with E-state index in [1.54, 1.807) is 24.3 Å². The predicted molar refractivity (Wildman–Crippen MR) is 119 cm³/mol. The quantitative estimate of drug-likeness (QED) is 0.427. The number of benzene rings is 3. The van der Waals surface area contributed by atoms with Gasteiger partial charge in [-0.05, 0) is 42.5 Å². The minimum absolute atomic E-state index is 0.0570. The van der Waals surface area contributed by atoms with Crippen molar-refractivity contribution in [2.75, 3.05) is 10.6 Å². The number of carbonyl (C=O) groups excluding carboxylic acids is 2. The van der Waals surface area contributed by atoms with Crippen LogP contribution in [0.15, 0.2) is 78.9 Å². The summed E-state index contributed by atoms with van der Waals surface area (Å²) >= 11 is 0. The Hall–Kier alpha value is -4.33. The van der Waals surface area contributed by atoms with Gasteiger partial charge in [0.25, 0.3) is 0 Å². The molecule has 0 aliphatic carbocycles. The van der Waals surface area contributed by atoms with Crippen LogP contribution in [0, 0.1) is 0 Å². The number of carbonyl (C=O) groups is 2. The molecule has 0 aliphatic rings. The maximum Gasteiger partial charge on any atom is 0.316 e. The number of nitrogens with zero attached hydrogens (tertiary/aromatic N) is 2. The number of aromatic nitrogens is 2. The Bertz CT molecular complexity index is 1220. The third-order valence-corrected chi connectivity index (χ3v) is 4.56. The van der Waals surface area contributed by atoms with Gasteiger partial charge in [-0.25, -0.2) is 9.78 Å².